The number of benzene rings is 3. The molecule has 5 saturated heterocycles. The van der Waals surface area contributed by atoms with Gasteiger partial charge in [-0.2, -0.15) is 9.97 Å². The molecular formula is C33H31F2N5O2. The first kappa shape index (κ1) is 25.7. The number of aromatic nitrogens is 2. The lowest BCUT2D eigenvalue weighted by Crippen LogP contribution is -2.67. The number of phenolic OH excluding ortho intramolecular Hbond substituents is 1. The van der Waals surface area contributed by atoms with Gasteiger partial charge in [-0.15, -0.1) is 6.42 Å². The lowest BCUT2D eigenvalue weighted by molar-refractivity contribution is 0.107. The Bertz CT molecular complexity index is 1770. The van der Waals surface area contributed by atoms with Crippen molar-refractivity contribution < 1.29 is 18.6 Å². The van der Waals surface area contributed by atoms with Gasteiger partial charge in [0.1, 0.15) is 29.9 Å². The van der Waals surface area contributed by atoms with Crippen LogP contribution in [0.2, 0.25) is 0 Å². The number of nitrogens with one attached hydrogen (secondary N) is 1. The number of ether oxygens (including phenoxy) is 1. The quantitative estimate of drug-likeness (QED) is 0.336. The van der Waals surface area contributed by atoms with Gasteiger partial charge in [0.05, 0.1) is 5.54 Å². The second-order valence-corrected chi connectivity index (χ2v) is 12.3. The van der Waals surface area contributed by atoms with E-state index in [1.165, 1.54) is 6.07 Å². The van der Waals surface area contributed by atoms with E-state index in [4.69, 9.17) is 16.1 Å². The standard InChI is InChI=1S/C33H31F2N5O2/c1-2-19-5-3-6-20-11-24(41)13-27(28(19)20)25-7-8-26-30(29(25)35)37-32(38-31(26)39-16-22-12-23(17-39)36-22)42-18-33-9-4-10-40(33)15-21(34)14-33/h1,3,5-8,11,13,21-23,36,41H,4,9-10,12,14-18H2/t21-,22?,23?,33+/m1/s1. The first-order valence-corrected chi connectivity index (χ1v) is 14.7. The van der Waals surface area contributed by atoms with Gasteiger partial charge in [-0.25, -0.2) is 8.78 Å². The van der Waals surface area contributed by atoms with Crippen molar-refractivity contribution in [1.29, 1.82) is 0 Å². The molecular weight excluding hydrogens is 536 g/mol. The number of nitrogens with zero attached hydrogens (tertiary/aromatic N) is 4. The summed E-state index contributed by atoms with van der Waals surface area (Å²) in [6.07, 6.45) is 8.34. The van der Waals surface area contributed by atoms with Gasteiger partial charge in [-0.05, 0) is 61.0 Å². The zero-order chi connectivity index (χ0) is 28.6. The smallest absolute Gasteiger partial charge is 0.319 e. The van der Waals surface area contributed by atoms with E-state index >= 15 is 4.39 Å². The zero-order valence-electron chi connectivity index (χ0n) is 23.1. The second kappa shape index (κ2) is 9.51. The van der Waals surface area contributed by atoms with E-state index in [-0.39, 0.29) is 35.0 Å². The number of hydrogen-bond donors (Lipinski definition) is 2. The van der Waals surface area contributed by atoms with Gasteiger partial charge in [-0.3, -0.25) is 4.90 Å². The molecule has 0 aliphatic carbocycles. The Morgan fingerprint density at radius 1 is 1.12 bits per heavy atom. The van der Waals surface area contributed by atoms with Crippen molar-refractivity contribution in [2.24, 2.45) is 0 Å². The van der Waals surface area contributed by atoms with Crippen molar-refractivity contribution in [3.8, 4) is 35.2 Å². The van der Waals surface area contributed by atoms with Crippen LogP contribution in [0, 0.1) is 18.2 Å². The predicted octanol–water partition coefficient (Wildman–Crippen LogP) is 4.78. The molecule has 2 N–H and O–H groups in total. The monoisotopic (exact) mass is 567 g/mol. The lowest BCUT2D eigenvalue weighted by Gasteiger charge is -2.48. The SMILES string of the molecule is C#Cc1cccc2cc(O)cc(-c3ccc4c(N5CC6CC(C5)N6)nc(OC[C@@]56CCCN5C[C@H](F)C6)nc4c3F)c12. The molecule has 5 fully saturated rings. The van der Waals surface area contributed by atoms with Crippen LogP contribution in [0.15, 0.2) is 42.5 Å². The fourth-order valence-electron chi connectivity index (χ4n) is 7.72. The third-order valence-electron chi connectivity index (χ3n) is 9.63. The van der Waals surface area contributed by atoms with E-state index in [0.29, 0.717) is 52.8 Å². The number of terminal acetylenes is 1. The molecule has 6 heterocycles. The average molecular weight is 568 g/mol. The third-order valence-corrected chi connectivity index (χ3v) is 9.63. The summed E-state index contributed by atoms with van der Waals surface area (Å²) in [5.41, 5.74) is 1.15. The zero-order valence-corrected chi connectivity index (χ0v) is 23.1. The Morgan fingerprint density at radius 3 is 2.76 bits per heavy atom. The molecule has 214 valence electrons. The highest BCUT2D eigenvalue weighted by Crippen LogP contribution is 2.42. The van der Waals surface area contributed by atoms with Crippen molar-refractivity contribution in [1.82, 2.24) is 20.2 Å². The van der Waals surface area contributed by atoms with Crippen molar-refractivity contribution in [3.05, 3.63) is 53.8 Å². The van der Waals surface area contributed by atoms with Gasteiger partial charge in [-0.1, -0.05) is 24.1 Å². The number of rotatable bonds is 5. The maximum absolute atomic E-state index is 16.7. The summed E-state index contributed by atoms with van der Waals surface area (Å²) in [5.74, 6) is 2.81. The van der Waals surface area contributed by atoms with Crippen LogP contribution in [0.25, 0.3) is 32.8 Å². The van der Waals surface area contributed by atoms with E-state index in [2.05, 4.69) is 26.0 Å². The molecule has 9 heteroatoms. The van der Waals surface area contributed by atoms with E-state index in [1.807, 2.05) is 18.2 Å². The summed E-state index contributed by atoms with van der Waals surface area (Å²) in [7, 11) is 0. The topological polar surface area (TPSA) is 73.8 Å². The Kier molecular flexibility index (Phi) is 5.82. The molecule has 4 aromatic rings. The normalized spacial score (nSPS) is 26.8. The van der Waals surface area contributed by atoms with Crippen LogP contribution < -0.4 is 15.0 Å². The van der Waals surface area contributed by atoms with Gasteiger partial charge in [0.15, 0.2) is 5.82 Å². The molecule has 4 atom stereocenters. The first-order chi connectivity index (χ1) is 20.4. The van der Waals surface area contributed by atoms with Gasteiger partial charge >= 0.3 is 6.01 Å². The molecule has 2 unspecified atom stereocenters. The minimum Gasteiger partial charge on any atom is -0.508 e. The van der Waals surface area contributed by atoms with Gasteiger partial charge in [0.25, 0.3) is 0 Å². The van der Waals surface area contributed by atoms with Gasteiger partial charge in [0.2, 0.25) is 0 Å². The van der Waals surface area contributed by atoms with E-state index in [0.717, 1.165) is 44.3 Å². The highest BCUT2D eigenvalue weighted by atomic mass is 19.1. The van der Waals surface area contributed by atoms with Crippen LogP contribution in [-0.2, 0) is 0 Å². The summed E-state index contributed by atoms with van der Waals surface area (Å²) in [6, 6.07) is 13.0. The maximum atomic E-state index is 16.7. The molecule has 1 aromatic heterocycles. The highest BCUT2D eigenvalue weighted by molar-refractivity contribution is 6.04. The summed E-state index contributed by atoms with van der Waals surface area (Å²) in [6.45, 7) is 3.05. The largest absolute Gasteiger partial charge is 0.508 e. The fraction of sp³-hybridized carbons (Fsp3) is 0.394. The molecule has 0 saturated carbocycles. The number of anilines is 1. The van der Waals surface area contributed by atoms with Crippen LogP contribution >= 0.6 is 0 Å². The van der Waals surface area contributed by atoms with Crippen LogP contribution in [0.5, 0.6) is 11.8 Å². The maximum Gasteiger partial charge on any atom is 0.319 e. The van der Waals surface area contributed by atoms with Gasteiger partial charge < -0.3 is 20.1 Å². The molecule has 0 spiro atoms. The number of alkyl halides is 1. The minimum atomic E-state index is -0.875. The summed E-state index contributed by atoms with van der Waals surface area (Å²) in [5, 5.41) is 16.1. The van der Waals surface area contributed by atoms with Crippen molar-refractivity contribution >= 4 is 27.5 Å². The number of aromatic hydroxyl groups is 1. The van der Waals surface area contributed by atoms with Crippen molar-refractivity contribution in [2.75, 3.05) is 37.7 Å². The van der Waals surface area contributed by atoms with E-state index in [9.17, 15) is 9.50 Å². The Morgan fingerprint density at radius 2 is 1.95 bits per heavy atom. The van der Waals surface area contributed by atoms with Crippen molar-refractivity contribution in [3.63, 3.8) is 0 Å². The third kappa shape index (κ3) is 4.00. The van der Waals surface area contributed by atoms with E-state index in [1.54, 1.807) is 18.2 Å². The molecule has 0 radical (unpaired) electrons. The number of halogens is 2. The number of hydrogen-bond acceptors (Lipinski definition) is 7. The van der Waals surface area contributed by atoms with Crippen LogP contribution in [-0.4, -0.2) is 76.6 Å². The minimum absolute atomic E-state index is 0.0155. The average Bonchev–Trinajstić information content (AvgIpc) is 3.50. The molecule has 7 nitrogen and oxygen atoms in total. The van der Waals surface area contributed by atoms with Crippen LogP contribution in [0.4, 0.5) is 14.6 Å². The predicted molar refractivity (Wildman–Crippen MR) is 158 cm³/mol. The Labute approximate surface area is 242 Å². The van der Waals surface area contributed by atoms with Crippen LogP contribution in [0.3, 0.4) is 0 Å². The Balaban J connectivity index is 1.26. The lowest BCUT2D eigenvalue weighted by atomic mass is 9.91. The molecule has 0 amide bonds. The summed E-state index contributed by atoms with van der Waals surface area (Å²) < 4.78 is 37.3. The fourth-order valence-corrected chi connectivity index (χ4v) is 7.72. The molecule has 3 aromatic carbocycles. The van der Waals surface area contributed by atoms with Crippen LogP contribution in [0.1, 0.15) is 31.2 Å². The van der Waals surface area contributed by atoms with Gasteiger partial charge in [0, 0.05) is 60.0 Å². The Hall–Kier alpha value is -4.00. The number of phenols is 1. The second-order valence-electron chi connectivity index (χ2n) is 12.3. The number of piperazine rings is 1. The first-order valence-electron chi connectivity index (χ1n) is 14.7. The molecule has 5 aliphatic rings. The highest BCUT2D eigenvalue weighted by Gasteiger charge is 2.49. The molecule has 5 aliphatic heterocycles. The molecule has 42 heavy (non-hydrogen) atoms. The number of piperidine rings is 1. The number of fused-ring (bicyclic) bond motifs is 5. The molecule has 9 rings (SSSR count). The summed E-state index contributed by atoms with van der Waals surface area (Å²) in [4.78, 5) is 13.8. The van der Waals surface area contributed by atoms with E-state index < -0.39 is 12.0 Å². The van der Waals surface area contributed by atoms with Crippen molar-refractivity contribution in [2.45, 2.75) is 49.5 Å². The summed E-state index contributed by atoms with van der Waals surface area (Å²) >= 11 is 0. The molecule has 2 bridgehead atoms.